The topological polar surface area (TPSA) is 18.5 Å². The highest BCUT2D eigenvalue weighted by atomic mass is 79.9. The molecule has 1 heterocycles. The highest BCUT2D eigenvalue weighted by Gasteiger charge is 2.18. The number of halogens is 2. The Labute approximate surface area is 83.6 Å². The van der Waals surface area contributed by atoms with E-state index in [9.17, 15) is 0 Å². The van der Waals surface area contributed by atoms with Crippen molar-refractivity contribution in [3.8, 4) is 11.5 Å². The molecule has 1 aliphatic rings. The number of alkyl halides is 1. The second kappa shape index (κ2) is 3.15. The van der Waals surface area contributed by atoms with Gasteiger partial charge in [-0.2, -0.15) is 0 Å². The smallest absolute Gasteiger partial charge is 0.231 e. The van der Waals surface area contributed by atoms with E-state index in [-0.39, 0.29) is 6.79 Å². The van der Waals surface area contributed by atoms with Gasteiger partial charge in [-0.3, -0.25) is 0 Å². The molecule has 1 aromatic rings. The molecule has 0 saturated heterocycles. The molecule has 0 bridgehead atoms. The summed E-state index contributed by atoms with van der Waals surface area (Å²) in [4.78, 5) is 0. The number of hydrogen-bond donors (Lipinski definition) is 0. The van der Waals surface area contributed by atoms with E-state index in [0.717, 1.165) is 21.5 Å². The van der Waals surface area contributed by atoms with Gasteiger partial charge in [0.05, 0.1) is 5.88 Å². The molecule has 2 rings (SSSR count). The third-order valence-corrected chi connectivity index (χ3v) is 2.73. The summed E-state index contributed by atoms with van der Waals surface area (Å²) in [7, 11) is 0. The summed E-state index contributed by atoms with van der Waals surface area (Å²) >= 11 is 9.14. The first-order valence-electron chi connectivity index (χ1n) is 3.46. The maximum atomic E-state index is 5.75. The largest absolute Gasteiger partial charge is 0.454 e. The standard InChI is InChI=1S/C8H6BrClO2/c9-6-1-2-7-8(5(6)3-10)12-4-11-7/h1-2H,3-4H2. The number of fused-ring (bicyclic) bond motifs is 1. The lowest BCUT2D eigenvalue weighted by molar-refractivity contribution is 0.173. The maximum Gasteiger partial charge on any atom is 0.231 e. The van der Waals surface area contributed by atoms with Crippen molar-refractivity contribution in [2.24, 2.45) is 0 Å². The average molecular weight is 249 g/mol. The van der Waals surface area contributed by atoms with Gasteiger partial charge < -0.3 is 9.47 Å². The minimum absolute atomic E-state index is 0.287. The fourth-order valence-electron chi connectivity index (χ4n) is 1.13. The summed E-state index contributed by atoms with van der Waals surface area (Å²) < 4.78 is 11.4. The van der Waals surface area contributed by atoms with Crippen molar-refractivity contribution in [1.29, 1.82) is 0 Å². The van der Waals surface area contributed by atoms with Crippen LogP contribution in [0.2, 0.25) is 0 Å². The van der Waals surface area contributed by atoms with Crippen molar-refractivity contribution >= 4 is 27.5 Å². The molecular weight excluding hydrogens is 243 g/mol. The van der Waals surface area contributed by atoms with Gasteiger partial charge in [0.2, 0.25) is 6.79 Å². The van der Waals surface area contributed by atoms with E-state index < -0.39 is 0 Å². The lowest BCUT2D eigenvalue weighted by Crippen LogP contribution is -1.94. The molecule has 0 fully saturated rings. The predicted molar refractivity (Wildman–Crippen MR) is 49.8 cm³/mol. The third-order valence-electron chi connectivity index (χ3n) is 1.72. The fraction of sp³-hybridized carbons (Fsp3) is 0.250. The molecule has 0 unspecified atom stereocenters. The van der Waals surface area contributed by atoms with E-state index in [1.165, 1.54) is 0 Å². The van der Waals surface area contributed by atoms with Crippen LogP contribution in [-0.2, 0) is 5.88 Å². The molecule has 64 valence electrons. The molecule has 12 heavy (non-hydrogen) atoms. The van der Waals surface area contributed by atoms with Gasteiger partial charge in [0, 0.05) is 10.0 Å². The van der Waals surface area contributed by atoms with Crippen LogP contribution in [0.5, 0.6) is 11.5 Å². The van der Waals surface area contributed by atoms with Crippen molar-refractivity contribution < 1.29 is 9.47 Å². The van der Waals surface area contributed by atoms with Crippen molar-refractivity contribution in [3.05, 3.63) is 22.2 Å². The van der Waals surface area contributed by atoms with Gasteiger partial charge in [0.25, 0.3) is 0 Å². The first-order valence-corrected chi connectivity index (χ1v) is 4.78. The molecular formula is C8H6BrClO2. The van der Waals surface area contributed by atoms with Gasteiger partial charge >= 0.3 is 0 Å². The van der Waals surface area contributed by atoms with Gasteiger partial charge in [-0.1, -0.05) is 15.9 Å². The summed E-state index contributed by atoms with van der Waals surface area (Å²) in [6.07, 6.45) is 0. The summed E-state index contributed by atoms with van der Waals surface area (Å²) in [6.45, 7) is 0.287. The van der Waals surface area contributed by atoms with Crippen molar-refractivity contribution in [2.75, 3.05) is 6.79 Å². The molecule has 0 spiro atoms. The van der Waals surface area contributed by atoms with Crippen LogP contribution in [0, 0.1) is 0 Å². The number of benzene rings is 1. The summed E-state index contributed by atoms with van der Waals surface area (Å²) in [6, 6.07) is 3.77. The Morgan fingerprint density at radius 3 is 3.00 bits per heavy atom. The first kappa shape index (κ1) is 8.20. The zero-order valence-corrected chi connectivity index (χ0v) is 8.48. The average Bonchev–Trinajstić information content (AvgIpc) is 2.52. The molecule has 0 amide bonds. The molecule has 0 aromatic heterocycles. The minimum atomic E-state index is 0.287. The van der Waals surface area contributed by atoms with Gasteiger partial charge in [0.1, 0.15) is 0 Å². The van der Waals surface area contributed by atoms with Crippen LogP contribution in [0.1, 0.15) is 5.56 Å². The second-order valence-electron chi connectivity index (χ2n) is 2.39. The Balaban J connectivity index is 2.57. The zero-order valence-electron chi connectivity index (χ0n) is 6.14. The Morgan fingerprint density at radius 2 is 2.25 bits per heavy atom. The van der Waals surface area contributed by atoms with Crippen LogP contribution in [0.15, 0.2) is 16.6 Å². The van der Waals surface area contributed by atoms with Gasteiger partial charge in [-0.15, -0.1) is 11.6 Å². The van der Waals surface area contributed by atoms with Gasteiger partial charge in [0.15, 0.2) is 11.5 Å². The molecule has 0 aliphatic carbocycles. The van der Waals surface area contributed by atoms with Gasteiger partial charge in [-0.05, 0) is 12.1 Å². The summed E-state index contributed by atoms with van der Waals surface area (Å²) in [5.41, 5.74) is 0.951. The quantitative estimate of drug-likeness (QED) is 0.713. The van der Waals surface area contributed by atoms with Crippen LogP contribution >= 0.6 is 27.5 Å². The molecule has 0 N–H and O–H groups in total. The van der Waals surface area contributed by atoms with Crippen LogP contribution in [0.3, 0.4) is 0 Å². The van der Waals surface area contributed by atoms with Crippen LogP contribution < -0.4 is 9.47 Å². The number of hydrogen-bond acceptors (Lipinski definition) is 2. The molecule has 0 atom stereocenters. The Kier molecular flexibility index (Phi) is 2.15. The van der Waals surface area contributed by atoms with Crippen LogP contribution in [-0.4, -0.2) is 6.79 Å². The predicted octanol–water partition coefficient (Wildman–Crippen LogP) is 2.92. The van der Waals surface area contributed by atoms with E-state index >= 15 is 0 Å². The van der Waals surface area contributed by atoms with Crippen molar-refractivity contribution in [1.82, 2.24) is 0 Å². The lowest BCUT2D eigenvalue weighted by Gasteiger charge is -2.03. The highest BCUT2D eigenvalue weighted by Crippen LogP contribution is 2.40. The van der Waals surface area contributed by atoms with Crippen molar-refractivity contribution in [3.63, 3.8) is 0 Å². The van der Waals surface area contributed by atoms with Crippen molar-refractivity contribution in [2.45, 2.75) is 5.88 Å². The lowest BCUT2D eigenvalue weighted by atomic mass is 10.2. The molecule has 1 aliphatic heterocycles. The Bertz CT molecular complexity index is 314. The second-order valence-corrected chi connectivity index (χ2v) is 3.51. The summed E-state index contributed by atoms with van der Waals surface area (Å²) in [5, 5.41) is 0. The van der Waals surface area contributed by atoms with Crippen LogP contribution in [0.25, 0.3) is 0 Å². The van der Waals surface area contributed by atoms with E-state index in [1.807, 2.05) is 12.1 Å². The Hall–Kier alpha value is -0.410. The molecule has 0 radical (unpaired) electrons. The maximum absolute atomic E-state index is 5.75. The number of rotatable bonds is 1. The van der Waals surface area contributed by atoms with E-state index in [4.69, 9.17) is 21.1 Å². The Morgan fingerprint density at radius 1 is 1.42 bits per heavy atom. The zero-order chi connectivity index (χ0) is 8.55. The molecule has 2 nitrogen and oxygen atoms in total. The SMILES string of the molecule is ClCc1c(Br)ccc2c1OCO2. The van der Waals surface area contributed by atoms with E-state index in [2.05, 4.69) is 15.9 Å². The normalized spacial score (nSPS) is 13.5. The van der Waals surface area contributed by atoms with Crippen LogP contribution in [0.4, 0.5) is 0 Å². The molecule has 0 saturated carbocycles. The minimum Gasteiger partial charge on any atom is -0.454 e. The van der Waals surface area contributed by atoms with Gasteiger partial charge in [-0.25, -0.2) is 0 Å². The fourth-order valence-corrected chi connectivity index (χ4v) is 2.01. The number of ether oxygens (including phenoxy) is 2. The monoisotopic (exact) mass is 248 g/mol. The highest BCUT2D eigenvalue weighted by molar-refractivity contribution is 9.10. The van der Waals surface area contributed by atoms with E-state index in [1.54, 1.807) is 0 Å². The summed E-state index contributed by atoms with van der Waals surface area (Å²) in [5.74, 6) is 1.96. The molecule has 1 aromatic carbocycles. The third kappa shape index (κ3) is 1.17. The van der Waals surface area contributed by atoms with E-state index in [0.29, 0.717) is 5.88 Å². The first-order chi connectivity index (χ1) is 5.83. The molecule has 4 heteroatoms.